The van der Waals surface area contributed by atoms with E-state index < -0.39 is 17.7 Å². The summed E-state index contributed by atoms with van der Waals surface area (Å²) in [5, 5.41) is 14.1. The molecule has 2 heterocycles. The second-order valence-corrected chi connectivity index (χ2v) is 11.7. The lowest BCUT2D eigenvalue weighted by Gasteiger charge is -2.52. The van der Waals surface area contributed by atoms with Crippen LogP contribution in [-0.2, 0) is 15.5 Å². The van der Waals surface area contributed by atoms with E-state index in [0.717, 1.165) is 82.3 Å². The van der Waals surface area contributed by atoms with Gasteiger partial charge >= 0.3 is 0 Å². The van der Waals surface area contributed by atoms with Gasteiger partial charge in [-0.05, 0) is 75.1 Å². The minimum Gasteiger partial charge on any atom is -0.494 e. The Balaban J connectivity index is 0.00000420. The van der Waals surface area contributed by atoms with Crippen molar-refractivity contribution in [1.29, 1.82) is 0 Å². The lowest BCUT2D eigenvalue weighted by molar-refractivity contribution is -0.165. The molecule has 220 valence electrons. The van der Waals surface area contributed by atoms with Gasteiger partial charge in [0.1, 0.15) is 17.3 Å². The predicted molar refractivity (Wildman–Crippen MR) is 158 cm³/mol. The SMILES string of the molecule is CCCCN1C(=O)[C@@H]([C@H](O)C2CCCCC2)NC(=O)C12CCN(CCCCOc1ccc(CCl)cc1)CC2.Cl. The van der Waals surface area contributed by atoms with Crippen LogP contribution in [0.1, 0.15) is 83.1 Å². The first-order valence-corrected chi connectivity index (χ1v) is 15.3. The number of piperazine rings is 1. The molecule has 7 nitrogen and oxygen atoms in total. The van der Waals surface area contributed by atoms with E-state index in [9.17, 15) is 14.7 Å². The Morgan fingerprint density at radius 2 is 1.74 bits per heavy atom. The zero-order valence-electron chi connectivity index (χ0n) is 23.4. The average Bonchev–Trinajstić information content (AvgIpc) is 2.96. The molecule has 0 aromatic heterocycles. The van der Waals surface area contributed by atoms with Crippen molar-refractivity contribution in [3.63, 3.8) is 0 Å². The molecule has 0 unspecified atom stereocenters. The summed E-state index contributed by atoms with van der Waals surface area (Å²) in [4.78, 5) is 31.6. The molecule has 3 fully saturated rings. The normalized spacial score (nSPS) is 22.8. The number of halogens is 2. The van der Waals surface area contributed by atoms with E-state index in [4.69, 9.17) is 16.3 Å². The van der Waals surface area contributed by atoms with Crippen LogP contribution >= 0.6 is 24.0 Å². The first-order chi connectivity index (χ1) is 18.5. The number of hydrogen-bond acceptors (Lipinski definition) is 5. The molecule has 2 amide bonds. The summed E-state index contributed by atoms with van der Waals surface area (Å²) >= 11 is 5.84. The van der Waals surface area contributed by atoms with Crippen LogP contribution in [-0.4, -0.2) is 77.2 Å². The standard InChI is InChI=1S/C30H46ClN3O4.ClH/c1-2-3-18-34-28(36)26(27(35)24-9-5-4-6-10-24)32-29(37)30(34)15-19-33(20-16-30)17-7-8-21-38-25-13-11-23(22-31)12-14-25;/h11-14,24,26-27,35H,2-10,15-22H2,1H3,(H,32,37);1H/t26-,27-;/m1./s1. The maximum absolute atomic E-state index is 13.7. The highest BCUT2D eigenvalue weighted by molar-refractivity contribution is 6.17. The van der Waals surface area contributed by atoms with E-state index in [1.807, 2.05) is 29.2 Å². The molecule has 1 aliphatic carbocycles. The molecule has 1 aromatic carbocycles. The third-order valence-corrected chi connectivity index (χ3v) is 9.17. The topological polar surface area (TPSA) is 82.1 Å². The van der Waals surface area contributed by atoms with Crippen LogP contribution in [0.4, 0.5) is 0 Å². The van der Waals surface area contributed by atoms with Gasteiger partial charge in [0, 0.05) is 25.5 Å². The fourth-order valence-electron chi connectivity index (χ4n) is 6.40. The molecular weight excluding hydrogens is 537 g/mol. The number of benzene rings is 1. The predicted octanol–water partition coefficient (Wildman–Crippen LogP) is 4.91. The lowest BCUT2D eigenvalue weighted by Crippen LogP contribution is -2.75. The number of carbonyl (C=O) groups excluding carboxylic acids is 2. The summed E-state index contributed by atoms with van der Waals surface area (Å²) in [5.41, 5.74) is 0.295. The summed E-state index contributed by atoms with van der Waals surface area (Å²) in [6.07, 6.45) is 9.52. The van der Waals surface area contributed by atoms with Gasteiger partial charge in [-0.15, -0.1) is 24.0 Å². The zero-order chi connectivity index (χ0) is 27.0. The van der Waals surface area contributed by atoms with Gasteiger partial charge in [-0.2, -0.15) is 0 Å². The number of rotatable bonds is 12. The molecule has 2 aliphatic heterocycles. The highest BCUT2D eigenvalue weighted by atomic mass is 35.5. The number of unbranched alkanes of at least 4 members (excludes halogenated alkanes) is 2. The van der Waals surface area contributed by atoms with E-state index in [2.05, 4.69) is 17.1 Å². The molecule has 4 rings (SSSR count). The van der Waals surface area contributed by atoms with Crippen molar-refractivity contribution < 1.29 is 19.4 Å². The highest BCUT2D eigenvalue weighted by Gasteiger charge is 2.55. The van der Waals surface area contributed by atoms with Crippen LogP contribution in [0.2, 0.25) is 0 Å². The Labute approximate surface area is 245 Å². The molecule has 1 spiro atoms. The number of likely N-dealkylation sites (tertiary alicyclic amines) is 1. The molecule has 1 aromatic rings. The van der Waals surface area contributed by atoms with Crippen molar-refractivity contribution in [2.24, 2.45) is 5.92 Å². The Hall–Kier alpha value is -1.54. The molecule has 2 atom stereocenters. The molecule has 2 N–H and O–H groups in total. The van der Waals surface area contributed by atoms with Crippen LogP contribution in [0.3, 0.4) is 0 Å². The van der Waals surface area contributed by atoms with Crippen molar-refractivity contribution in [3.8, 4) is 5.75 Å². The van der Waals surface area contributed by atoms with Crippen LogP contribution in [0.15, 0.2) is 24.3 Å². The van der Waals surface area contributed by atoms with E-state index in [1.165, 1.54) is 6.42 Å². The third kappa shape index (κ3) is 7.81. The summed E-state index contributed by atoms with van der Waals surface area (Å²) in [6.45, 7) is 5.90. The molecule has 9 heteroatoms. The van der Waals surface area contributed by atoms with Crippen LogP contribution < -0.4 is 10.1 Å². The van der Waals surface area contributed by atoms with E-state index in [1.54, 1.807) is 0 Å². The minimum atomic E-state index is -0.808. The van der Waals surface area contributed by atoms with Gasteiger partial charge in [-0.3, -0.25) is 9.59 Å². The van der Waals surface area contributed by atoms with E-state index in [-0.39, 0.29) is 30.1 Å². The van der Waals surface area contributed by atoms with Crippen molar-refractivity contribution in [2.45, 2.75) is 101 Å². The highest BCUT2D eigenvalue weighted by Crippen LogP contribution is 2.36. The fraction of sp³-hybridized carbons (Fsp3) is 0.733. The minimum absolute atomic E-state index is 0. The molecular formula is C30H47Cl2N3O4. The Kier molecular flexibility index (Phi) is 12.7. The smallest absolute Gasteiger partial charge is 0.248 e. The zero-order valence-corrected chi connectivity index (χ0v) is 25.0. The number of aliphatic hydroxyl groups excluding tert-OH is 1. The summed E-state index contributed by atoms with van der Waals surface area (Å²) in [6, 6.07) is 7.08. The van der Waals surface area contributed by atoms with Crippen LogP contribution in [0.25, 0.3) is 0 Å². The first-order valence-electron chi connectivity index (χ1n) is 14.8. The van der Waals surface area contributed by atoms with Gasteiger partial charge < -0.3 is 25.0 Å². The molecule has 2 saturated heterocycles. The summed E-state index contributed by atoms with van der Waals surface area (Å²) in [5.74, 6) is 1.32. The number of alkyl halides is 1. The van der Waals surface area contributed by atoms with Gasteiger partial charge in [0.25, 0.3) is 0 Å². The molecule has 0 radical (unpaired) electrons. The van der Waals surface area contributed by atoms with Gasteiger partial charge in [-0.1, -0.05) is 44.7 Å². The Morgan fingerprint density at radius 1 is 1.05 bits per heavy atom. The van der Waals surface area contributed by atoms with Crippen molar-refractivity contribution >= 4 is 35.8 Å². The van der Waals surface area contributed by atoms with Gasteiger partial charge in [0.15, 0.2) is 0 Å². The third-order valence-electron chi connectivity index (χ3n) is 8.87. The number of carbonyl (C=O) groups is 2. The van der Waals surface area contributed by atoms with Gasteiger partial charge in [-0.25, -0.2) is 0 Å². The number of hydrogen-bond donors (Lipinski definition) is 2. The quantitative estimate of drug-likeness (QED) is 0.270. The van der Waals surface area contributed by atoms with Crippen molar-refractivity contribution in [1.82, 2.24) is 15.1 Å². The van der Waals surface area contributed by atoms with Gasteiger partial charge in [0.05, 0.1) is 12.7 Å². The maximum Gasteiger partial charge on any atom is 0.248 e. The summed E-state index contributed by atoms with van der Waals surface area (Å²) in [7, 11) is 0. The fourth-order valence-corrected chi connectivity index (χ4v) is 6.58. The molecule has 39 heavy (non-hydrogen) atoms. The number of piperidine rings is 1. The Morgan fingerprint density at radius 3 is 2.38 bits per heavy atom. The van der Waals surface area contributed by atoms with Crippen LogP contribution in [0, 0.1) is 5.92 Å². The maximum atomic E-state index is 13.7. The van der Waals surface area contributed by atoms with E-state index in [0.29, 0.717) is 31.9 Å². The largest absolute Gasteiger partial charge is 0.494 e. The first kappa shape index (κ1) is 32.0. The number of ether oxygens (including phenoxy) is 1. The number of aliphatic hydroxyl groups is 1. The van der Waals surface area contributed by atoms with Crippen LogP contribution in [0.5, 0.6) is 5.75 Å². The second kappa shape index (κ2) is 15.5. The molecule has 1 saturated carbocycles. The van der Waals surface area contributed by atoms with E-state index >= 15 is 0 Å². The van der Waals surface area contributed by atoms with Crippen molar-refractivity contribution in [2.75, 3.05) is 32.8 Å². The molecule has 3 aliphatic rings. The lowest BCUT2D eigenvalue weighted by atomic mass is 9.78. The second-order valence-electron chi connectivity index (χ2n) is 11.4. The number of nitrogens with zero attached hydrogens (tertiary/aromatic N) is 2. The number of amides is 2. The monoisotopic (exact) mass is 583 g/mol. The van der Waals surface area contributed by atoms with Crippen molar-refractivity contribution in [3.05, 3.63) is 29.8 Å². The van der Waals surface area contributed by atoms with Gasteiger partial charge in [0.2, 0.25) is 11.8 Å². The Bertz CT molecular complexity index is 902. The summed E-state index contributed by atoms with van der Waals surface area (Å²) < 4.78 is 5.86. The average molecular weight is 585 g/mol. The number of nitrogens with one attached hydrogen (secondary N) is 1. The molecule has 0 bridgehead atoms.